The minimum absolute atomic E-state index is 1.04. The first-order valence-corrected chi connectivity index (χ1v) is 4.28. The Bertz CT molecular complexity index is 267. The molecule has 0 saturated carbocycles. The van der Waals surface area contributed by atoms with Crippen molar-refractivity contribution in [2.45, 2.75) is 20.3 Å². The second-order valence-corrected chi connectivity index (χ2v) is 3.24. The Morgan fingerprint density at radius 3 is 2.58 bits per heavy atom. The molecular weight excluding hydrogens is 148 g/mol. The molecule has 12 heavy (non-hydrogen) atoms. The first-order valence-electron chi connectivity index (χ1n) is 4.28. The van der Waals surface area contributed by atoms with Gasteiger partial charge in [0.05, 0.1) is 0 Å². The fourth-order valence-electron chi connectivity index (χ4n) is 1.29. The molecule has 0 bridgehead atoms. The monoisotopic (exact) mass is 164 g/mol. The standard InChI is InChI=1S/C10H16N2/c1-5-9-6-8(2)7-11-10(9)12(3)4/h6-7H,5H2,1-4H3. The molecule has 0 atom stereocenters. The second kappa shape index (κ2) is 3.57. The lowest BCUT2D eigenvalue weighted by Gasteiger charge is -2.15. The largest absolute Gasteiger partial charge is 0.363 e. The summed E-state index contributed by atoms with van der Waals surface area (Å²) >= 11 is 0. The molecule has 0 aliphatic heterocycles. The van der Waals surface area contributed by atoms with Crippen molar-refractivity contribution in [3.63, 3.8) is 0 Å². The van der Waals surface area contributed by atoms with Crippen molar-refractivity contribution in [2.24, 2.45) is 0 Å². The lowest BCUT2D eigenvalue weighted by molar-refractivity contribution is 1.00. The van der Waals surface area contributed by atoms with E-state index >= 15 is 0 Å². The van der Waals surface area contributed by atoms with Crippen LogP contribution in [0.4, 0.5) is 5.82 Å². The van der Waals surface area contributed by atoms with Crippen LogP contribution in [-0.2, 0) is 6.42 Å². The van der Waals surface area contributed by atoms with Gasteiger partial charge >= 0.3 is 0 Å². The molecule has 1 aromatic heterocycles. The average Bonchev–Trinajstić information content (AvgIpc) is 2.03. The maximum absolute atomic E-state index is 4.37. The van der Waals surface area contributed by atoms with Crippen LogP contribution in [0.3, 0.4) is 0 Å². The van der Waals surface area contributed by atoms with Gasteiger partial charge in [-0.3, -0.25) is 0 Å². The molecule has 0 aliphatic rings. The quantitative estimate of drug-likeness (QED) is 0.664. The van der Waals surface area contributed by atoms with Crippen molar-refractivity contribution in [1.29, 1.82) is 0 Å². The van der Waals surface area contributed by atoms with Gasteiger partial charge in [-0.1, -0.05) is 13.0 Å². The number of anilines is 1. The molecule has 0 N–H and O–H groups in total. The number of nitrogens with zero attached hydrogens (tertiary/aromatic N) is 2. The zero-order valence-electron chi connectivity index (χ0n) is 8.26. The maximum atomic E-state index is 4.37. The predicted molar refractivity (Wildman–Crippen MR) is 52.7 cm³/mol. The summed E-state index contributed by atoms with van der Waals surface area (Å²) in [5.41, 5.74) is 2.55. The van der Waals surface area contributed by atoms with Crippen LogP contribution >= 0.6 is 0 Å². The number of rotatable bonds is 2. The average molecular weight is 164 g/mol. The third-order valence-electron chi connectivity index (χ3n) is 1.88. The van der Waals surface area contributed by atoms with Crippen molar-refractivity contribution < 1.29 is 0 Å². The molecule has 66 valence electrons. The molecule has 1 rings (SSSR count). The molecule has 0 radical (unpaired) electrons. The van der Waals surface area contributed by atoms with Gasteiger partial charge in [0.25, 0.3) is 0 Å². The van der Waals surface area contributed by atoms with Crippen LogP contribution in [0.25, 0.3) is 0 Å². The Balaban J connectivity index is 3.11. The van der Waals surface area contributed by atoms with E-state index < -0.39 is 0 Å². The van der Waals surface area contributed by atoms with Gasteiger partial charge in [-0.2, -0.15) is 0 Å². The summed E-state index contributed by atoms with van der Waals surface area (Å²) in [5.74, 6) is 1.09. The fraction of sp³-hybridized carbons (Fsp3) is 0.500. The van der Waals surface area contributed by atoms with Gasteiger partial charge in [0, 0.05) is 20.3 Å². The molecule has 0 saturated heterocycles. The molecule has 2 nitrogen and oxygen atoms in total. The number of hydrogen-bond donors (Lipinski definition) is 0. The van der Waals surface area contributed by atoms with Crippen LogP contribution in [-0.4, -0.2) is 19.1 Å². The minimum Gasteiger partial charge on any atom is -0.363 e. The highest BCUT2D eigenvalue weighted by molar-refractivity contribution is 5.46. The first kappa shape index (κ1) is 9.04. The van der Waals surface area contributed by atoms with E-state index in [0.717, 1.165) is 12.2 Å². The van der Waals surface area contributed by atoms with E-state index in [2.05, 4.69) is 29.8 Å². The topological polar surface area (TPSA) is 16.1 Å². The van der Waals surface area contributed by atoms with Crippen LogP contribution in [0.15, 0.2) is 12.3 Å². The van der Waals surface area contributed by atoms with Gasteiger partial charge < -0.3 is 4.90 Å². The van der Waals surface area contributed by atoms with Crippen LogP contribution in [0.2, 0.25) is 0 Å². The van der Waals surface area contributed by atoms with Crippen LogP contribution in [0, 0.1) is 6.92 Å². The normalized spacial score (nSPS) is 10.0. The summed E-state index contributed by atoms with van der Waals surface area (Å²) in [7, 11) is 4.05. The number of aromatic nitrogens is 1. The Hall–Kier alpha value is -1.05. The van der Waals surface area contributed by atoms with Crippen molar-refractivity contribution in [1.82, 2.24) is 4.98 Å². The lowest BCUT2D eigenvalue weighted by Crippen LogP contribution is -2.13. The van der Waals surface area contributed by atoms with Crippen molar-refractivity contribution >= 4 is 5.82 Å². The highest BCUT2D eigenvalue weighted by Gasteiger charge is 2.03. The summed E-state index contributed by atoms with van der Waals surface area (Å²) in [6.45, 7) is 4.23. The molecule has 0 fully saturated rings. The summed E-state index contributed by atoms with van der Waals surface area (Å²) in [6, 6.07) is 2.20. The van der Waals surface area contributed by atoms with E-state index in [1.807, 2.05) is 20.3 Å². The van der Waals surface area contributed by atoms with Crippen LogP contribution < -0.4 is 4.90 Å². The Morgan fingerprint density at radius 2 is 2.08 bits per heavy atom. The smallest absolute Gasteiger partial charge is 0.131 e. The van der Waals surface area contributed by atoms with Gasteiger partial charge in [0.1, 0.15) is 5.82 Å². The van der Waals surface area contributed by atoms with Gasteiger partial charge in [0.2, 0.25) is 0 Å². The maximum Gasteiger partial charge on any atom is 0.131 e. The molecule has 0 spiro atoms. The molecular formula is C10H16N2. The SMILES string of the molecule is CCc1cc(C)cnc1N(C)C. The van der Waals surface area contributed by atoms with Gasteiger partial charge in [0.15, 0.2) is 0 Å². The Labute approximate surface area is 74.2 Å². The summed E-state index contributed by atoms with van der Waals surface area (Å²) in [5, 5.41) is 0. The van der Waals surface area contributed by atoms with Crippen LogP contribution in [0.5, 0.6) is 0 Å². The van der Waals surface area contributed by atoms with Gasteiger partial charge in [-0.25, -0.2) is 4.98 Å². The molecule has 2 heteroatoms. The molecule has 1 heterocycles. The van der Waals surface area contributed by atoms with E-state index in [0.29, 0.717) is 0 Å². The van der Waals surface area contributed by atoms with Gasteiger partial charge in [-0.15, -0.1) is 0 Å². The second-order valence-electron chi connectivity index (χ2n) is 3.24. The number of hydrogen-bond acceptors (Lipinski definition) is 2. The summed E-state index contributed by atoms with van der Waals surface area (Å²) in [6.07, 6.45) is 2.96. The predicted octanol–water partition coefficient (Wildman–Crippen LogP) is 2.02. The molecule has 1 aromatic rings. The molecule has 0 unspecified atom stereocenters. The third kappa shape index (κ3) is 1.76. The van der Waals surface area contributed by atoms with E-state index in [9.17, 15) is 0 Å². The molecule has 0 aromatic carbocycles. The Kier molecular flexibility index (Phi) is 2.69. The van der Waals surface area contributed by atoms with E-state index in [4.69, 9.17) is 0 Å². The fourth-order valence-corrected chi connectivity index (χ4v) is 1.29. The first-order chi connectivity index (χ1) is 5.65. The zero-order chi connectivity index (χ0) is 9.14. The van der Waals surface area contributed by atoms with Crippen LogP contribution in [0.1, 0.15) is 18.1 Å². The lowest BCUT2D eigenvalue weighted by atomic mass is 10.1. The summed E-state index contributed by atoms with van der Waals surface area (Å²) < 4.78 is 0. The number of aryl methyl sites for hydroxylation is 2. The third-order valence-corrected chi connectivity index (χ3v) is 1.88. The number of pyridine rings is 1. The van der Waals surface area contributed by atoms with E-state index in [1.54, 1.807) is 0 Å². The van der Waals surface area contributed by atoms with E-state index in [1.165, 1.54) is 11.1 Å². The van der Waals surface area contributed by atoms with E-state index in [-0.39, 0.29) is 0 Å². The van der Waals surface area contributed by atoms with Crippen molar-refractivity contribution in [3.05, 3.63) is 23.4 Å². The Morgan fingerprint density at radius 1 is 1.42 bits per heavy atom. The van der Waals surface area contributed by atoms with Gasteiger partial charge in [-0.05, 0) is 24.5 Å². The minimum atomic E-state index is 1.04. The zero-order valence-corrected chi connectivity index (χ0v) is 8.26. The summed E-state index contributed by atoms with van der Waals surface area (Å²) in [4.78, 5) is 6.43. The molecule has 0 aliphatic carbocycles. The highest BCUT2D eigenvalue weighted by Crippen LogP contribution is 2.16. The van der Waals surface area contributed by atoms with Crippen molar-refractivity contribution in [2.75, 3.05) is 19.0 Å². The highest BCUT2D eigenvalue weighted by atomic mass is 15.1. The van der Waals surface area contributed by atoms with Crippen molar-refractivity contribution in [3.8, 4) is 0 Å². The molecule has 0 amide bonds.